The predicted molar refractivity (Wildman–Crippen MR) is 105 cm³/mol. The Morgan fingerprint density at radius 3 is 1.54 bits per heavy atom. The van der Waals surface area contributed by atoms with Gasteiger partial charge in [0.15, 0.2) is 0 Å². The number of hydrogen-bond acceptors (Lipinski definition) is 6. The second-order valence-electron chi connectivity index (χ2n) is 6.68. The summed E-state index contributed by atoms with van der Waals surface area (Å²) in [5, 5.41) is 6.97. The van der Waals surface area contributed by atoms with Crippen LogP contribution in [0.5, 0.6) is 0 Å². The van der Waals surface area contributed by atoms with Gasteiger partial charge in [0.2, 0.25) is 0 Å². The van der Waals surface area contributed by atoms with E-state index in [1.807, 2.05) is 36.7 Å². The van der Waals surface area contributed by atoms with E-state index in [1.54, 1.807) is 0 Å². The third-order valence-corrected chi connectivity index (χ3v) is 4.74. The van der Waals surface area contributed by atoms with Crippen molar-refractivity contribution in [2.45, 2.75) is 13.1 Å². The zero-order valence-corrected chi connectivity index (χ0v) is 15.5. The van der Waals surface area contributed by atoms with E-state index in [2.05, 4.69) is 42.5 Å². The van der Waals surface area contributed by atoms with Crippen molar-refractivity contribution in [1.82, 2.24) is 30.4 Å². The summed E-state index contributed by atoms with van der Waals surface area (Å²) in [6, 6.07) is 12.1. The highest BCUT2D eigenvalue weighted by atomic mass is 15.3. The molecule has 0 aliphatic carbocycles. The molecule has 0 atom stereocenters. The van der Waals surface area contributed by atoms with Gasteiger partial charge >= 0.3 is 0 Å². The van der Waals surface area contributed by atoms with Crippen molar-refractivity contribution in [1.29, 1.82) is 0 Å². The molecule has 6 heteroatoms. The van der Waals surface area contributed by atoms with Crippen molar-refractivity contribution in [3.63, 3.8) is 0 Å². The molecular formula is C20H30N6. The van der Waals surface area contributed by atoms with Crippen molar-refractivity contribution in [3.05, 3.63) is 60.2 Å². The van der Waals surface area contributed by atoms with Crippen LogP contribution in [-0.4, -0.2) is 72.1 Å². The molecule has 0 spiro atoms. The number of piperazine rings is 1. The molecule has 2 aromatic rings. The maximum absolute atomic E-state index is 4.34. The van der Waals surface area contributed by atoms with Crippen LogP contribution in [0.25, 0.3) is 0 Å². The molecule has 0 unspecified atom stereocenters. The summed E-state index contributed by atoms with van der Waals surface area (Å²) < 4.78 is 0. The van der Waals surface area contributed by atoms with E-state index >= 15 is 0 Å². The molecule has 6 nitrogen and oxygen atoms in total. The molecule has 1 aliphatic rings. The lowest BCUT2D eigenvalue weighted by atomic mass is 10.3. The predicted octanol–water partition coefficient (Wildman–Crippen LogP) is 0.974. The fourth-order valence-corrected chi connectivity index (χ4v) is 3.15. The molecule has 2 N–H and O–H groups in total. The minimum Gasteiger partial charge on any atom is -0.310 e. The van der Waals surface area contributed by atoms with Gasteiger partial charge in [-0.15, -0.1) is 0 Å². The maximum atomic E-state index is 4.34. The Morgan fingerprint density at radius 1 is 0.692 bits per heavy atom. The van der Waals surface area contributed by atoms with Crippen molar-refractivity contribution in [2.75, 3.05) is 52.4 Å². The van der Waals surface area contributed by atoms with Crippen molar-refractivity contribution >= 4 is 0 Å². The Kier molecular flexibility index (Phi) is 7.99. The molecule has 1 saturated heterocycles. The Balaban J connectivity index is 1.20. The number of nitrogens with one attached hydrogen (secondary N) is 2. The van der Waals surface area contributed by atoms with Crippen molar-refractivity contribution < 1.29 is 0 Å². The summed E-state index contributed by atoms with van der Waals surface area (Å²) in [5.41, 5.74) is 2.21. The van der Waals surface area contributed by atoms with E-state index in [0.29, 0.717) is 0 Å². The average molecular weight is 355 g/mol. The molecule has 140 valence electrons. The van der Waals surface area contributed by atoms with E-state index in [4.69, 9.17) is 0 Å². The van der Waals surface area contributed by atoms with Gasteiger partial charge in [0.25, 0.3) is 0 Å². The van der Waals surface area contributed by atoms with E-state index in [0.717, 1.165) is 76.8 Å². The van der Waals surface area contributed by atoms with Crippen molar-refractivity contribution in [2.24, 2.45) is 0 Å². The van der Waals surface area contributed by atoms with Crippen LogP contribution >= 0.6 is 0 Å². The summed E-state index contributed by atoms with van der Waals surface area (Å²) in [4.78, 5) is 13.8. The first-order valence-corrected chi connectivity index (χ1v) is 9.56. The number of aromatic nitrogens is 2. The van der Waals surface area contributed by atoms with Crippen molar-refractivity contribution in [3.8, 4) is 0 Å². The van der Waals surface area contributed by atoms with E-state index in [-0.39, 0.29) is 0 Å². The van der Waals surface area contributed by atoms with Crippen LogP contribution in [-0.2, 0) is 13.1 Å². The Bertz CT molecular complexity index is 543. The lowest BCUT2D eigenvalue weighted by molar-refractivity contribution is 0.133. The molecule has 0 amide bonds. The average Bonchev–Trinajstić information content (AvgIpc) is 2.71. The van der Waals surface area contributed by atoms with Gasteiger partial charge in [0, 0.05) is 77.8 Å². The first kappa shape index (κ1) is 18.9. The Hall–Kier alpha value is -1.86. The molecular weight excluding hydrogens is 324 g/mol. The number of rotatable bonds is 10. The zero-order valence-electron chi connectivity index (χ0n) is 15.5. The van der Waals surface area contributed by atoms with Gasteiger partial charge in [-0.3, -0.25) is 19.8 Å². The molecule has 0 radical (unpaired) electrons. The van der Waals surface area contributed by atoms with E-state index < -0.39 is 0 Å². The van der Waals surface area contributed by atoms with Gasteiger partial charge in [-0.25, -0.2) is 0 Å². The van der Waals surface area contributed by atoms with Crippen LogP contribution in [0.15, 0.2) is 48.8 Å². The molecule has 1 fully saturated rings. The normalized spacial score (nSPS) is 16.0. The van der Waals surface area contributed by atoms with Gasteiger partial charge in [0.1, 0.15) is 0 Å². The smallest absolute Gasteiger partial charge is 0.0541 e. The minimum atomic E-state index is 0.850. The molecule has 0 saturated carbocycles. The number of nitrogens with zero attached hydrogens (tertiary/aromatic N) is 4. The van der Waals surface area contributed by atoms with Crippen LogP contribution in [0.2, 0.25) is 0 Å². The molecule has 1 aliphatic heterocycles. The lowest BCUT2D eigenvalue weighted by Gasteiger charge is -2.34. The summed E-state index contributed by atoms with van der Waals surface area (Å²) >= 11 is 0. The highest BCUT2D eigenvalue weighted by Crippen LogP contribution is 2.01. The van der Waals surface area contributed by atoms with Gasteiger partial charge in [-0.05, 0) is 24.3 Å². The molecule has 3 heterocycles. The summed E-state index contributed by atoms with van der Waals surface area (Å²) in [7, 11) is 0. The third kappa shape index (κ3) is 6.80. The number of hydrogen-bond donors (Lipinski definition) is 2. The standard InChI is InChI=1S/C20H30N6/c1-3-7-23-19(5-1)17-21-9-11-25-13-15-26(16-14-25)12-10-22-18-20-6-2-4-8-24-20/h1-8,21-22H,9-18H2. The minimum absolute atomic E-state index is 0.850. The van der Waals surface area contributed by atoms with Gasteiger partial charge in [-0.1, -0.05) is 12.1 Å². The van der Waals surface area contributed by atoms with Crippen LogP contribution in [0.1, 0.15) is 11.4 Å². The maximum Gasteiger partial charge on any atom is 0.0541 e. The fourth-order valence-electron chi connectivity index (χ4n) is 3.15. The number of pyridine rings is 2. The Labute approximate surface area is 156 Å². The highest BCUT2D eigenvalue weighted by Gasteiger charge is 2.15. The van der Waals surface area contributed by atoms with Crippen LogP contribution in [0.3, 0.4) is 0 Å². The summed E-state index contributed by atoms with van der Waals surface area (Å²) in [6.45, 7) is 10.6. The monoisotopic (exact) mass is 354 g/mol. The molecule has 26 heavy (non-hydrogen) atoms. The zero-order chi connectivity index (χ0) is 17.9. The molecule has 2 aromatic heterocycles. The van der Waals surface area contributed by atoms with Gasteiger partial charge < -0.3 is 10.6 Å². The van der Waals surface area contributed by atoms with Crippen LogP contribution in [0, 0.1) is 0 Å². The summed E-state index contributed by atoms with van der Waals surface area (Å²) in [6.07, 6.45) is 3.70. The van der Waals surface area contributed by atoms with Crippen LogP contribution in [0.4, 0.5) is 0 Å². The lowest BCUT2D eigenvalue weighted by Crippen LogP contribution is -2.49. The fraction of sp³-hybridized carbons (Fsp3) is 0.500. The first-order valence-electron chi connectivity index (χ1n) is 9.56. The highest BCUT2D eigenvalue weighted by molar-refractivity contribution is 5.03. The van der Waals surface area contributed by atoms with Crippen LogP contribution < -0.4 is 10.6 Å². The summed E-state index contributed by atoms with van der Waals surface area (Å²) in [5.74, 6) is 0. The Morgan fingerprint density at radius 2 is 1.15 bits per heavy atom. The second-order valence-corrected chi connectivity index (χ2v) is 6.68. The molecule has 3 rings (SSSR count). The van der Waals surface area contributed by atoms with E-state index in [1.165, 1.54) is 0 Å². The molecule has 0 bridgehead atoms. The largest absolute Gasteiger partial charge is 0.310 e. The third-order valence-electron chi connectivity index (χ3n) is 4.74. The first-order chi connectivity index (χ1) is 12.9. The van der Waals surface area contributed by atoms with Gasteiger partial charge in [0.05, 0.1) is 11.4 Å². The van der Waals surface area contributed by atoms with E-state index in [9.17, 15) is 0 Å². The molecule has 0 aromatic carbocycles. The van der Waals surface area contributed by atoms with Gasteiger partial charge in [-0.2, -0.15) is 0 Å². The topological polar surface area (TPSA) is 56.3 Å². The SMILES string of the molecule is c1ccc(CNCCN2CCN(CCNCc3ccccn3)CC2)nc1. The quantitative estimate of drug-likeness (QED) is 0.620. The second kappa shape index (κ2) is 11.0.